The third-order valence-electron chi connectivity index (χ3n) is 5.42. The summed E-state index contributed by atoms with van der Waals surface area (Å²) in [6.07, 6.45) is 7.08. The van der Waals surface area contributed by atoms with Crippen molar-refractivity contribution in [2.24, 2.45) is 5.41 Å². The van der Waals surface area contributed by atoms with Gasteiger partial charge < -0.3 is 20.1 Å². The topological polar surface area (TPSA) is 104 Å². The molecule has 0 aliphatic rings. The van der Waals surface area contributed by atoms with E-state index in [1.807, 2.05) is 19.9 Å². The molecule has 0 atom stereocenters. The van der Waals surface area contributed by atoms with Crippen LogP contribution in [0.3, 0.4) is 0 Å². The summed E-state index contributed by atoms with van der Waals surface area (Å²) >= 11 is 0. The van der Waals surface area contributed by atoms with Crippen molar-refractivity contribution in [1.29, 1.82) is 0 Å². The predicted molar refractivity (Wildman–Crippen MR) is 112 cm³/mol. The Hall–Kier alpha value is -2.24. The average Bonchev–Trinajstić information content (AvgIpc) is 2.61. The predicted octanol–water partition coefficient (Wildman–Crippen LogP) is 4.98. The minimum absolute atomic E-state index is 0.0691. The minimum Gasteiger partial charge on any atom is -0.504 e. The number of carbonyl (C=O) groups excluding carboxylic acids is 1. The number of phenols is 2. The van der Waals surface area contributed by atoms with Crippen molar-refractivity contribution in [2.45, 2.75) is 91.1 Å². The highest BCUT2D eigenvalue weighted by Crippen LogP contribution is 2.33. The zero-order valence-corrected chi connectivity index (χ0v) is 18.2. The molecule has 1 aromatic rings. The molecule has 1 aromatic carbocycles. The van der Waals surface area contributed by atoms with E-state index in [2.05, 4.69) is 0 Å². The Morgan fingerprint density at radius 1 is 0.966 bits per heavy atom. The van der Waals surface area contributed by atoms with Gasteiger partial charge in [-0.3, -0.25) is 9.59 Å². The van der Waals surface area contributed by atoms with Crippen LogP contribution in [0.4, 0.5) is 0 Å². The Morgan fingerprint density at radius 2 is 1.59 bits per heavy atom. The maximum atomic E-state index is 11.1. The third kappa shape index (κ3) is 8.75. The maximum absolute atomic E-state index is 11.1. The molecular weight excluding hydrogens is 372 g/mol. The van der Waals surface area contributed by atoms with Crippen molar-refractivity contribution in [3.8, 4) is 11.5 Å². The van der Waals surface area contributed by atoms with Gasteiger partial charge in [-0.25, -0.2) is 0 Å². The fourth-order valence-corrected chi connectivity index (χ4v) is 3.31. The van der Waals surface area contributed by atoms with Gasteiger partial charge in [0.1, 0.15) is 5.60 Å². The van der Waals surface area contributed by atoms with Gasteiger partial charge in [-0.05, 0) is 89.8 Å². The second kappa shape index (κ2) is 11.1. The normalized spacial score (nSPS) is 12.0. The average molecular weight is 409 g/mol. The first-order valence-corrected chi connectivity index (χ1v) is 10.4. The van der Waals surface area contributed by atoms with E-state index < -0.39 is 17.0 Å². The van der Waals surface area contributed by atoms with Crippen LogP contribution in [-0.4, -0.2) is 33.4 Å². The number of aromatic hydroxyl groups is 2. The van der Waals surface area contributed by atoms with E-state index in [-0.39, 0.29) is 11.5 Å². The molecule has 0 saturated heterocycles. The lowest BCUT2D eigenvalue weighted by Crippen LogP contribution is -2.23. The molecule has 0 fully saturated rings. The number of carbonyl (C=O) groups is 2. The number of hydrogen-bond acceptors (Lipinski definition) is 5. The lowest BCUT2D eigenvalue weighted by Gasteiger charge is -2.22. The van der Waals surface area contributed by atoms with Crippen LogP contribution in [0.2, 0.25) is 0 Å². The van der Waals surface area contributed by atoms with Crippen LogP contribution < -0.4 is 0 Å². The smallest absolute Gasteiger partial charge is 0.309 e. The number of benzene rings is 1. The van der Waals surface area contributed by atoms with E-state index in [4.69, 9.17) is 9.84 Å². The second-order valence-corrected chi connectivity index (χ2v) is 9.05. The molecule has 29 heavy (non-hydrogen) atoms. The lowest BCUT2D eigenvalue weighted by molar-refractivity contribution is -0.147. The van der Waals surface area contributed by atoms with Crippen LogP contribution in [0.5, 0.6) is 11.5 Å². The summed E-state index contributed by atoms with van der Waals surface area (Å²) < 4.78 is 5.04. The van der Waals surface area contributed by atoms with E-state index >= 15 is 0 Å². The Kier molecular flexibility index (Phi) is 9.47. The van der Waals surface area contributed by atoms with Crippen LogP contribution in [0.15, 0.2) is 12.1 Å². The minimum atomic E-state index is -0.772. The Labute approximate surface area is 173 Å². The van der Waals surface area contributed by atoms with Crippen LogP contribution in [0, 0.1) is 5.41 Å². The molecule has 0 unspecified atom stereocenters. The van der Waals surface area contributed by atoms with Crippen molar-refractivity contribution in [2.75, 3.05) is 0 Å². The van der Waals surface area contributed by atoms with E-state index in [1.54, 1.807) is 19.9 Å². The van der Waals surface area contributed by atoms with Gasteiger partial charge >= 0.3 is 5.97 Å². The number of rotatable bonds is 14. The molecule has 3 N–H and O–H groups in total. The first kappa shape index (κ1) is 24.8. The summed E-state index contributed by atoms with van der Waals surface area (Å²) in [4.78, 5) is 21.6. The van der Waals surface area contributed by atoms with Crippen LogP contribution in [0.25, 0.3) is 0 Å². The van der Waals surface area contributed by atoms with Gasteiger partial charge in [0, 0.05) is 0 Å². The second-order valence-electron chi connectivity index (χ2n) is 9.05. The van der Waals surface area contributed by atoms with Crippen molar-refractivity contribution in [3.05, 3.63) is 23.3 Å². The molecule has 0 aliphatic carbocycles. The van der Waals surface area contributed by atoms with Gasteiger partial charge in [0.05, 0.1) is 5.41 Å². The first-order valence-electron chi connectivity index (χ1n) is 10.4. The Morgan fingerprint density at radius 3 is 2.21 bits per heavy atom. The first-order chi connectivity index (χ1) is 13.5. The SMILES string of the molecule is CC(C)(CCCCc1cc(CCCCCC(C)(C)C(=O)O)cc(O)c1O)OC=O. The molecular formula is C23H36O6. The Bertz CT molecular complexity index is 678. The van der Waals surface area contributed by atoms with E-state index in [9.17, 15) is 19.8 Å². The zero-order chi connectivity index (χ0) is 22.1. The molecule has 0 aliphatic heterocycles. The van der Waals surface area contributed by atoms with Crippen LogP contribution in [0.1, 0.15) is 83.8 Å². The number of carboxylic acid groups (broad SMARTS) is 1. The molecule has 0 spiro atoms. The molecule has 0 aromatic heterocycles. The van der Waals surface area contributed by atoms with Gasteiger partial charge in [0.15, 0.2) is 11.5 Å². The zero-order valence-electron chi connectivity index (χ0n) is 18.2. The molecule has 0 amide bonds. The fraction of sp³-hybridized carbons (Fsp3) is 0.652. The van der Waals surface area contributed by atoms with Gasteiger partial charge in [-0.2, -0.15) is 0 Å². The summed E-state index contributed by atoms with van der Waals surface area (Å²) in [5.74, 6) is -0.943. The number of unbranched alkanes of at least 4 members (excludes halogenated alkanes) is 3. The molecule has 0 heterocycles. The number of aryl methyl sites for hydroxylation is 2. The largest absolute Gasteiger partial charge is 0.504 e. The molecule has 6 nitrogen and oxygen atoms in total. The molecule has 164 valence electrons. The van der Waals surface area contributed by atoms with Gasteiger partial charge in [-0.1, -0.05) is 18.9 Å². The maximum Gasteiger partial charge on any atom is 0.309 e. The van der Waals surface area contributed by atoms with Crippen molar-refractivity contribution in [1.82, 2.24) is 0 Å². The van der Waals surface area contributed by atoms with Crippen molar-refractivity contribution < 1.29 is 29.6 Å². The summed E-state index contributed by atoms with van der Waals surface area (Å²) in [7, 11) is 0. The van der Waals surface area contributed by atoms with E-state index in [0.717, 1.165) is 56.1 Å². The van der Waals surface area contributed by atoms with Crippen LogP contribution >= 0.6 is 0 Å². The number of carboxylic acids is 1. The summed E-state index contributed by atoms with van der Waals surface area (Å²) in [6.45, 7) is 7.68. The molecule has 0 radical (unpaired) electrons. The van der Waals surface area contributed by atoms with Gasteiger partial charge in [-0.15, -0.1) is 0 Å². The number of ether oxygens (including phenoxy) is 1. The highest BCUT2D eigenvalue weighted by atomic mass is 16.5. The van der Waals surface area contributed by atoms with E-state index in [0.29, 0.717) is 19.3 Å². The fourth-order valence-electron chi connectivity index (χ4n) is 3.31. The molecule has 6 heteroatoms. The summed E-state index contributed by atoms with van der Waals surface area (Å²) in [5.41, 5.74) is 0.497. The van der Waals surface area contributed by atoms with Crippen molar-refractivity contribution >= 4 is 12.4 Å². The standard InChI is InChI=1S/C23H36O6/c1-22(2,21(27)28)12-8-5-6-10-17-14-18(20(26)19(25)15-17)11-7-9-13-23(3,4)29-16-24/h14-16,25-26H,5-13H2,1-4H3,(H,27,28). The molecule has 0 bridgehead atoms. The number of hydrogen-bond donors (Lipinski definition) is 3. The monoisotopic (exact) mass is 408 g/mol. The van der Waals surface area contributed by atoms with Crippen molar-refractivity contribution in [3.63, 3.8) is 0 Å². The number of phenolic OH excluding ortho intramolecular Hbond substituents is 2. The molecule has 0 saturated carbocycles. The highest BCUT2D eigenvalue weighted by molar-refractivity contribution is 5.73. The van der Waals surface area contributed by atoms with E-state index in [1.165, 1.54) is 0 Å². The summed E-state index contributed by atoms with van der Waals surface area (Å²) in [6, 6.07) is 3.53. The quantitative estimate of drug-likeness (QED) is 0.228. The summed E-state index contributed by atoms with van der Waals surface area (Å²) in [5, 5.41) is 29.3. The van der Waals surface area contributed by atoms with Crippen LogP contribution in [-0.2, 0) is 27.2 Å². The number of aliphatic carboxylic acids is 1. The lowest BCUT2D eigenvalue weighted by atomic mass is 9.87. The highest BCUT2D eigenvalue weighted by Gasteiger charge is 2.26. The Balaban J connectivity index is 2.50. The molecule has 1 rings (SSSR count). The third-order valence-corrected chi connectivity index (χ3v) is 5.42. The van der Waals surface area contributed by atoms with Gasteiger partial charge in [0.2, 0.25) is 0 Å². The van der Waals surface area contributed by atoms with Gasteiger partial charge in [0.25, 0.3) is 6.47 Å².